The molecular formula is C22H30O11. The zero-order chi connectivity index (χ0) is 26.0. The van der Waals surface area contributed by atoms with Crippen molar-refractivity contribution in [2.24, 2.45) is 0 Å². The van der Waals surface area contributed by atoms with Crippen molar-refractivity contribution in [3.8, 4) is 0 Å². The lowest BCUT2D eigenvalue weighted by atomic mass is 10.0. The van der Waals surface area contributed by atoms with E-state index in [1.54, 1.807) is 6.92 Å². The smallest absolute Gasteiger partial charge is 0.373 e. The van der Waals surface area contributed by atoms with Crippen molar-refractivity contribution in [3.63, 3.8) is 0 Å². The number of rotatable bonds is 11. The first kappa shape index (κ1) is 31.4. The van der Waals surface area contributed by atoms with Crippen LogP contribution in [0, 0.1) is 0 Å². The Morgan fingerprint density at radius 1 is 0.606 bits per heavy atom. The fourth-order valence-corrected chi connectivity index (χ4v) is 2.00. The van der Waals surface area contributed by atoms with E-state index < -0.39 is 35.2 Å². The summed E-state index contributed by atoms with van der Waals surface area (Å²) in [6, 6.07) is 0. The highest BCUT2D eigenvalue weighted by atomic mass is 16.5. The van der Waals surface area contributed by atoms with E-state index in [1.165, 1.54) is 0 Å². The molecule has 0 saturated carbocycles. The van der Waals surface area contributed by atoms with Crippen molar-refractivity contribution in [1.82, 2.24) is 0 Å². The number of hydrogen-bond donors (Lipinski definition) is 1. The van der Waals surface area contributed by atoms with Gasteiger partial charge in [-0.25, -0.2) is 19.2 Å². The molecule has 0 amide bonds. The predicted molar refractivity (Wildman–Crippen MR) is 115 cm³/mol. The summed E-state index contributed by atoms with van der Waals surface area (Å²) >= 11 is 0. The first-order chi connectivity index (χ1) is 15.5. The summed E-state index contributed by atoms with van der Waals surface area (Å²) in [7, 11) is 4.41. The van der Waals surface area contributed by atoms with Crippen LogP contribution in [0.2, 0.25) is 0 Å². The molecule has 0 bridgehead atoms. The molecule has 184 valence electrons. The highest BCUT2D eigenvalue weighted by molar-refractivity contribution is 6.13. The highest BCUT2D eigenvalue weighted by Crippen LogP contribution is 2.15. The van der Waals surface area contributed by atoms with E-state index in [1.807, 2.05) is 6.92 Å². The molecule has 0 unspecified atom stereocenters. The van der Waals surface area contributed by atoms with Crippen LogP contribution in [0.4, 0.5) is 0 Å². The Hall–Kier alpha value is -3.76. The topological polar surface area (TPSA) is 160 Å². The summed E-state index contributed by atoms with van der Waals surface area (Å²) in [6.07, 6.45) is 4.38. The molecule has 11 heteroatoms. The Labute approximate surface area is 192 Å². The first-order valence-corrected chi connectivity index (χ1v) is 9.75. The molecule has 0 rings (SSSR count). The number of aliphatic hydroxyl groups excluding tert-OH is 1. The minimum Gasteiger partial charge on any atom is -0.502 e. The van der Waals surface area contributed by atoms with E-state index in [0.29, 0.717) is 19.3 Å². The van der Waals surface area contributed by atoms with Gasteiger partial charge < -0.3 is 24.1 Å². The molecule has 0 radical (unpaired) electrons. The monoisotopic (exact) mass is 470 g/mol. The quantitative estimate of drug-likeness (QED) is 0.154. The lowest BCUT2D eigenvalue weighted by Crippen LogP contribution is -2.18. The molecule has 0 aliphatic carbocycles. The van der Waals surface area contributed by atoms with E-state index in [2.05, 4.69) is 18.9 Å². The van der Waals surface area contributed by atoms with Gasteiger partial charge in [-0.05, 0) is 18.9 Å². The fourth-order valence-electron chi connectivity index (χ4n) is 2.00. The molecule has 0 saturated heterocycles. The summed E-state index contributed by atoms with van der Waals surface area (Å²) in [6.45, 7) is 3.62. The fraction of sp³-hybridized carbons (Fsp3) is 0.455. The molecular weight excluding hydrogens is 440 g/mol. The summed E-state index contributed by atoms with van der Waals surface area (Å²) in [5, 5.41) is 8.88. The second-order valence-electron chi connectivity index (χ2n) is 6.08. The maximum absolute atomic E-state index is 11.7. The average molecular weight is 470 g/mol. The molecule has 11 nitrogen and oxygen atoms in total. The van der Waals surface area contributed by atoms with Gasteiger partial charge in [-0.3, -0.25) is 9.59 Å². The normalized spacial score (nSPS) is 11.4. The van der Waals surface area contributed by atoms with Gasteiger partial charge in [0.05, 0.1) is 39.6 Å². The third-order valence-electron chi connectivity index (χ3n) is 3.55. The zero-order valence-electron chi connectivity index (χ0n) is 19.6. The van der Waals surface area contributed by atoms with Crippen LogP contribution in [0.25, 0.3) is 0 Å². The lowest BCUT2D eigenvalue weighted by Gasteiger charge is -2.08. The maximum atomic E-state index is 11.7. The number of methoxy groups -OCH3 is 4. The summed E-state index contributed by atoms with van der Waals surface area (Å²) in [5.41, 5.74) is -0.756. The van der Waals surface area contributed by atoms with Gasteiger partial charge in [0.15, 0.2) is 11.6 Å². The molecule has 0 spiro atoms. The predicted octanol–water partition coefficient (Wildman–Crippen LogP) is 1.70. The van der Waals surface area contributed by atoms with E-state index >= 15 is 0 Å². The van der Waals surface area contributed by atoms with Crippen molar-refractivity contribution in [1.29, 1.82) is 0 Å². The van der Waals surface area contributed by atoms with Gasteiger partial charge in [-0.15, -0.1) is 0 Å². The number of ketones is 2. The average Bonchev–Trinajstić information content (AvgIpc) is 2.79. The second kappa shape index (κ2) is 17.9. The van der Waals surface area contributed by atoms with E-state index in [4.69, 9.17) is 5.11 Å². The number of carbonyl (C=O) groups is 6. The number of esters is 4. The van der Waals surface area contributed by atoms with Crippen LogP contribution in [0.3, 0.4) is 0 Å². The third kappa shape index (κ3) is 13.3. The lowest BCUT2D eigenvalue weighted by molar-refractivity contribution is -0.140. The molecule has 0 atom stereocenters. The zero-order valence-corrected chi connectivity index (χ0v) is 19.6. The Morgan fingerprint density at radius 2 is 1.00 bits per heavy atom. The standard InChI is InChI=1S/C14H18O7.C8H12O4/c1-5-6-9(15)7-10(13(17)20-3)11(14(18)21-4)8-12(16)19-2;1-3-4-6(9)5-7(10)8(11)12-2/h7-8H,5-6H2,1-4H3;5,10H,3-4H2,1-2H3/b10-7-,11-8-;7-5-. The van der Waals surface area contributed by atoms with Gasteiger partial charge in [-0.2, -0.15) is 0 Å². The number of ether oxygens (including phenoxy) is 4. The third-order valence-corrected chi connectivity index (χ3v) is 3.55. The summed E-state index contributed by atoms with van der Waals surface area (Å²) in [5.74, 6) is -4.94. The molecule has 0 aromatic carbocycles. The van der Waals surface area contributed by atoms with Crippen molar-refractivity contribution < 1.29 is 52.8 Å². The van der Waals surface area contributed by atoms with Gasteiger partial charge in [0.2, 0.25) is 5.76 Å². The SMILES string of the molecule is CCCC(=O)/C=C(C(=O)OC)/C(=C/C(=O)OC)C(=O)OC.CCCC(=O)/C=C(\O)C(=O)OC. The van der Waals surface area contributed by atoms with Crippen LogP contribution < -0.4 is 0 Å². The van der Waals surface area contributed by atoms with Crippen molar-refractivity contribution in [3.05, 3.63) is 35.1 Å². The van der Waals surface area contributed by atoms with Gasteiger partial charge in [0, 0.05) is 25.0 Å². The first-order valence-electron chi connectivity index (χ1n) is 9.75. The largest absolute Gasteiger partial charge is 0.502 e. The summed E-state index contributed by atoms with van der Waals surface area (Å²) in [4.78, 5) is 67.8. The van der Waals surface area contributed by atoms with Crippen molar-refractivity contribution in [2.45, 2.75) is 39.5 Å². The Kier molecular flexibility index (Phi) is 17.0. The van der Waals surface area contributed by atoms with E-state index in [9.17, 15) is 28.8 Å². The van der Waals surface area contributed by atoms with Gasteiger partial charge >= 0.3 is 23.9 Å². The molecule has 0 fully saturated rings. The molecule has 0 heterocycles. The van der Waals surface area contributed by atoms with Crippen LogP contribution in [0.1, 0.15) is 39.5 Å². The second-order valence-corrected chi connectivity index (χ2v) is 6.08. The maximum Gasteiger partial charge on any atom is 0.373 e. The van der Waals surface area contributed by atoms with Crippen molar-refractivity contribution >= 4 is 35.4 Å². The molecule has 0 aromatic rings. The van der Waals surface area contributed by atoms with Crippen LogP contribution >= 0.6 is 0 Å². The van der Waals surface area contributed by atoms with E-state index in [0.717, 1.165) is 46.7 Å². The van der Waals surface area contributed by atoms with Crippen LogP contribution in [-0.2, 0) is 47.7 Å². The number of carbonyl (C=O) groups excluding carboxylic acids is 6. The number of aliphatic hydroxyl groups is 1. The van der Waals surface area contributed by atoms with Gasteiger partial charge in [-0.1, -0.05) is 13.8 Å². The van der Waals surface area contributed by atoms with Crippen LogP contribution in [-0.4, -0.2) is 69.0 Å². The minimum absolute atomic E-state index is 0.188. The molecule has 0 aliphatic rings. The number of allylic oxidation sites excluding steroid dienone is 2. The number of hydrogen-bond acceptors (Lipinski definition) is 11. The summed E-state index contributed by atoms with van der Waals surface area (Å²) < 4.78 is 17.6. The molecule has 0 aromatic heterocycles. The molecule has 33 heavy (non-hydrogen) atoms. The Balaban J connectivity index is 0. The Morgan fingerprint density at radius 3 is 1.36 bits per heavy atom. The minimum atomic E-state index is -0.957. The van der Waals surface area contributed by atoms with Crippen LogP contribution in [0.15, 0.2) is 35.1 Å². The molecule has 0 aliphatic heterocycles. The highest BCUT2D eigenvalue weighted by Gasteiger charge is 2.24. The van der Waals surface area contributed by atoms with Gasteiger partial charge in [0.1, 0.15) is 0 Å². The van der Waals surface area contributed by atoms with Crippen molar-refractivity contribution in [2.75, 3.05) is 28.4 Å². The Bertz CT molecular complexity index is 816. The van der Waals surface area contributed by atoms with Gasteiger partial charge in [0.25, 0.3) is 0 Å². The molecule has 1 N–H and O–H groups in total. The van der Waals surface area contributed by atoms with Crippen LogP contribution in [0.5, 0.6) is 0 Å². The van der Waals surface area contributed by atoms with E-state index in [-0.39, 0.29) is 23.6 Å².